The summed E-state index contributed by atoms with van der Waals surface area (Å²) in [4.78, 5) is 25.1. The second kappa shape index (κ2) is 10.8. The summed E-state index contributed by atoms with van der Waals surface area (Å²) >= 11 is 0. The van der Waals surface area contributed by atoms with Crippen molar-refractivity contribution in [3.63, 3.8) is 0 Å². The van der Waals surface area contributed by atoms with Gasteiger partial charge in [-0.3, -0.25) is 9.59 Å². The highest BCUT2D eigenvalue weighted by atomic mass is 16.5. The standard InChI is InChI=1S/C29H36N4O6/c1-29(2,36)16-38-25-13-11-23-22(15-31-33(23)26(25)17-4-5-17)28(35)32-18-6-8-19(9-7-18)39-24-12-10-20(37-3)14-21(24)27(30)34/h10-15,17-19,36H,4-9,16H2,1-3H3,(H2,30,34)(H,32,35). The van der Waals surface area contributed by atoms with E-state index in [4.69, 9.17) is 19.9 Å². The molecule has 4 N–H and O–H groups in total. The van der Waals surface area contributed by atoms with Gasteiger partial charge in [0.1, 0.15) is 23.9 Å². The molecule has 208 valence electrons. The second-order valence-electron chi connectivity index (χ2n) is 11.1. The molecule has 0 radical (unpaired) electrons. The number of ether oxygens (including phenoxy) is 3. The normalized spacial score (nSPS) is 19.5. The van der Waals surface area contributed by atoms with Crippen LogP contribution in [0.15, 0.2) is 36.5 Å². The number of hydrogen-bond acceptors (Lipinski definition) is 7. The van der Waals surface area contributed by atoms with E-state index >= 15 is 0 Å². The highest BCUT2D eigenvalue weighted by Gasteiger charge is 2.32. The highest BCUT2D eigenvalue weighted by Crippen LogP contribution is 2.44. The fourth-order valence-corrected chi connectivity index (χ4v) is 5.04. The number of amides is 2. The van der Waals surface area contributed by atoms with Gasteiger partial charge < -0.3 is 30.4 Å². The molecule has 2 amide bonds. The lowest BCUT2D eigenvalue weighted by molar-refractivity contribution is 0.0279. The van der Waals surface area contributed by atoms with Gasteiger partial charge in [0.25, 0.3) is 11.8 Å². The van der Waals surface area contributed by atoms with Crippen LogP contribution in [-0.2, 0) is 0 Å². The zero-order valence-electron chi connectivity index (χ0n) is 22.6. The van der Waals surface area contributed by atoms with E-state index in [9.17, 15) is 14.7 Å². The highest BCUT2D eigenvalue weighted by molar-refractivity contribution is 6.01. The van der Waals surface area contributed by atoms with E-state index in [1.54, 1.807) is 38.2 Å². The van der Waals surface area contributed by atoms with Gasteiger partial charge in [0.15, 0.2) is 0 Å². The number of nitrogens with zero attached hydrogens (tertiary/aromatic N) is 2. The van der Waals surface area contributed by atoms with Crippen LogP contribution in [-0.4, -0.2) is 58.0 Å². The predicted molar refractivity (Wildman–Crippen MR) is 145 cm³/mol. The fraction of sp³-hybridized carbons (Fsp3) is 0.483. The van der Waals surface area contributed by atoms with Crippen molar-refractivity contribution in [1.29, 1.82) is 0 Å². The Balaban J connectivity index is 1.23. The molecule has 5 rings (SSSR count). The quantitative estimate of drug-likeness (QED) is 0.360. The number of hydrogen-bond donors (Lipinski definition) is 3. The minimum absolute atomic E-state index is 0.0103. The van der Waals surface area contributed by atoms with Gasteiger partial charge in [0.2, 0.25) is 0 Å². The average Bonchev–Trinajstić information content (AvgIpc) is 3.65. The first-order valence-electron chi connectivity index (χ1n) is 13.4. The molecule has 2 aliphatic rings. The third-order valence-corrected chi connectivity index (χ3v) is 7.22. The maximum Gasteiger partial charge on any atom is 0.255 e. The summed E-state index contributed by atoms with van der Waals surface area (Å²) in [5.74, 6) is 1.28. The Hall–Kier alpha value is -3.79. The molecule has 0 aliphatic heterocycles. The van der Waals surface area contributed by atoms with Gasteiger partial charge in [-0.2, -0.15) is 5.10 Å². The number of primary amides is 1. The lowest BCUT2D eigenvalue weighted by Crippen LogP contribution is -2.39. The summed E-state index contributed by atoms with van der Waals surface area (Å²) < 4.78 is 19.0. The zero-order valence-corrected chi connectivity index (χ0v) is 22.6. The summed E-state index contributed by atoms with van der Waals surface area (Å²) in [7, 11) is 1.53. The first kappa shape index (κ1) is 26.8. The maximum absolute atomic E-state index is 13.3. The molecule has 3 aromatic rings. The minimum Gasteiger partial charge on any atom is -0.497 e. The van der Waals surface area contributed by atoms with Gasteiger partial charge in [-0.15, -0.1) is 0 Å². The van der Waals surface area contributed by atoms with Crippen LogP contribution < -0.4 is 25.3 Å². The largest absolute Gasteiger partial charge is 0.497 e. The van der Waals surface area contributed by atoms with Crippen LogP contribution in [0.2, 0.25) is 0 Å². The number of fused-ring (bicyclic) bond motifs is 1. The lowest BCUT2D eigenvalue weighted by Gasteiger charge is -2.30. The molecule has 39 heavy (non-hydrogen) atoms. The maximum atomic E-state index is 13.3. The number of nitrogens with one attached hydrogen (secondary N) is 1. The smallest absolute Gasteiger partial charge is 0.255 e. The van der Waals surface area contributed by atoms with Crippen molar-refractivity contribution in [3.05, 3.63) is 53.3 Å². The SMILES string of the molecule is COc1ccc(OC2CCC(NC(=O)c3cnn4c(C5CC5)c(OCC(C)(C)O)ccc34)CC2)c(C(N)=O)c1. The van der Waals surface area contributed by atoms with Crippen molar-refractivity contribution in [1.82, 2.24) is 14.9 Å². The van der Waals surface area contributed by atoms with Gasteiger partial charge >= 0.3 is 0 Å². The van der Waals surface area contributed by atoms with E-state index in [0.29, 0.717) is 28.7 Å². The third kappa shape index (κ3) is 6.11. The summed E-state index contributed by atoms with van der Waals surface area (Å²) in [6, 6.07) is 8.75. The Labute approximate surface area is 227 Å². The number of aromatic nitrogens is 2. The Kier molecular flexibility index (Phi) is 7.40. The molecule has 0 spiro atoms. The lowest BCUT2D eigenvalue weighted by atomic mass is 9.92. The topological polar surface area (TPSA) is 137 Å². The Morgan fingerprint density at radius 3 is 2.44 bits per heavy atom. The average molecular weight is 537 g/mol. The van der Waals surface area contributed by atoms with Crippen LogP contribution in [0.1, 0.15) is 84.7 Å². The Bertz CT molecular complexity index is 1370. The molecule has 1 aromatic carbocycles. The molecule has 10 nitrogen and oxygen atoms in total. The van der Waals surface area contributed by atoms with Crippen LogP contribution in [0.5, 0.6) is 17.2 Å². The number of pyridine rings is 1. The molecule has 2 fully saturated rings. The summed E-state index contributed by atoms with van der Waals surface area (Å²) in [6.07, 6.45) is 6.59. The molecule has 0 unspecified atom stereocenters. The molecule has 2 heterocycles. The number of methoxy groups -OCH3 is 1. The molecule has 0 bridgehead atoms. The van der Waals surface area contributed by atoms with Crippen LogP contribution >= 0.6 is 0 Å². The molecule has 2 saturated carbocycles. The van der Waals surface area contributed by atoms with Crippen molar-refractivity contribution in [2.75, 3.05) is 13.7 Å². The van der Waals surface area contributed by atoms with Crippen LogP contribution in [0.25, 0.3) is 5.52 Å². The number of carbonyl (C=O) groups is 2. The second-order valence-corrected chi connectivity index (χ2v) is 11.1. The molecule has 0 saturated heterocycles. The summed E-state index contributed by atoms with van der Waals surface area (Å²) in [5, 5.41) is 17.8. The van der Waals surface area contributed by atoms with Crippen LogP contribution in [0.3, 0.4) is 0 Å². The van der Waals surface area contributed by atoms with Gasteiger partial charge in [0.05, 0.1) is 47.3 Å². The first-order valence-corrected chi connectivity index (χ1v) is 13.4. The number of benzene rings is 1. The molecule has 0 atom stereocenters. The number of rotatable bonds is 10. The number of carbonyl (C=O) groups excluding carboxylic acids is 2. The monoisotopic (exact) mass is 536 g/mol. The van der Waals surface area contributed by atoms with Crippen molar-refractivity contribution in [2.24, 2.45) is 5.73 Å². The Morgan fingerprint density at radius 2 is 1.79 bits per heavy atom. The number of nitrogens with two attached hydrogens (primary N) is 1. The van der Waals surface area contributed by atoms with Crippen molar-refractivity contribution >= 4 is 17.3 Å². The predicted octanol–water partition coefficient (Wildman–Crippen LogP) is 3.59. The summed E-state index contributed by atoms with van der Waals surface area (Å²) in [6.45, 7) is 3.58. The molecule has 2 aromatic heterocycles. The van der Waals surface area contributed by atoms with Gasteiger partial charge in [-0.05, 0) is 82.7 Å². The van der Waals surface area contributed by atoms with E-state index in [-0.39, 0.29) is 30.2 Å². The van der Waals surface area contributed by atoms with Crippen molar-refractivity contribution in [2.45, 2.75) is 76.0 Å². The molecule has 2 aliphatic carbocycles. The molecular formula is C29H36N4O6. The molecular weight excluding hydrogens is 500 g/mol. The Morgan fingerprint density at radius 1 is 1.08 bits per heavy atom. The van der Waals surface area contributed by atoms with Crippen molar-refractivity contribution in [3.8, 4) is 17.2 Å². The van der Waals surface area contributed by atoms with Gasteiger partial charge in [0, 0.05) is 12.0 Å². The fourth-order valence-electron chi connectivity index (χ4n) is 5.04. The van der Waals surface area contributed by atoms with E-state index < -0.39 is 11.5 Å². The van der Waals surface area contributed by atoms with Crippen LogP contribution in [0, 0.1) is 0 Å². The minimum atomic E-state index is -0.951. The van der Waals surface area contributed by atoms with Gasteiger partial charge in [-0.25, -0.2) is 4.52 Å². The van der Waals surface area contributed by atoms with E-state index in [1.807, 2.05) is 16.6 Å². The van der Waals surface area contributed by atoms with E-state index in [0.717, 1.165) is 49.7 Å². The third-order valence-electron chi connectivity index (χ3n) is 7.22. The zero-order chi connectivity index (χ0) is 27.7. The number of aliphatic hydroxyl groups is 1. The van der Waals surface area contributed by atoms with E-state index in [2.05, 4.69) is 10.4 Å². The van der Waals surface area contributed by atoms with Crippen molar-refractivity contribution < 1.29 is 28.9 Å². The summed E-state index contributed by atoms with van der Waals surface area (Å²) in [5.41, 5.74) is 7.07. The molecule has 10 heteroatoms. The first-order chi connectivity index (χ1) is 18.6. The van der Waals surface area contributed by atoms with Crippen LogP contribution in [0.4, 0.5) is 0 Å². The van der Waals surface area contributed by atoms with Gasteiger partial charge in [-0.1, -0.05) is 0 Å². The van der Waals surface area contributed by atoms with E-state index in [1.165, 1.54) is 7.11 Å².